The minimum absolute atomic E-state index is 0.466. The van der Waals surface area contributed by atoms with Crippen molar-refractivity contribution >= 4 is 0 Å². The summed E-state index contributed by atoms with van der Waals surface area (Å²) in [7, 11) is 0. The highest BCUT2D eigenvalue weighted by molar-refractivity contribution is 5.36. The van der Waals surface area contributed by atoms with Crippen molar-refractivity contribution in [3.05, 3.63) is 34.9 Å². The standard InChI is InChI=1S/C18H29N3/c1-4-8-19-18(16-7-5-6-14(2)15(16)3)17-13-20-9-11-21(17)12-10-20/h5-7,17-19H,4,8-13H2,1-3H3. The second-order valence-corrected chi connectivity index (χ2v) is 6.62. The summed E-state index contributed by atoms with van der Waals surface area (Å²) in [6.07, 6.45) is 1.19. The number of nitrogens with zero attached hydrogens (tertiary/aromatic N) is 2. The van der Waals surface area contributed by atoms with Crippen molar-refractivity contribution in [2.24, 2.45) is 0 Å². The number of nitrogens with one attached hydrogen (secondary N) is 1. The Labute approximate surface area is 129 Å². The zero-order valence-corrected chi connectivity index (χ0v) is 13.7. The summed E-state index contributed by atoms with van der Waals surface area (Å²) < 4.78 is 0. The first kappa shape index (κ1) is 15.0. The Bertz CT molecular complexity index is 477. The Morgan fingerprint density at radius 3 is 2.57 bits per heavy atom. The van der Waals surface area contributed by atoms with E-state index in [4.69, 9.17) is 0 Å². The molecule has 0 saturated carbocycles. The molecule has 1 N–H and O–H groups in total. The predicted molar refractivity (Wildman–Crippen MR) is 88.8 cm³/mol. The summed E-state index contributed by atoms with van der Waals surface area (Å²) in [4.78, 5) is 5.34. The van der Waals surface area contributed by atoms with Gasteiger partial charge in [0.15, 0.2) is 0 Å². The second-order valence-electron chi connectivity index (χ2n) is 6.62. The number of hydrogen-bond donors (Lipinski definition) is 1. The van der Waals surface area contributed by atoms with E-state index in [9.17, 15) is 0 Å². The third kappa shape index (κ3) is 3.01. The van der Waals surface area contributed by atoms with Crippen molar-refractivity contribution < 1.29 is 0 Å². The molecule has 0 radical (unpaired) electrons. The monoisotopic (exact) mass is 287 g/mol. The molecule has 2 unspecified atom stereocenters. The molecule has 0 amide bonds. The number of hydrogen-bond acceptors (Lipinski definition) is 3. The van der Waals surface area contributed by atoms with Gasteiger partial charge in [0.05, 0.1) is 0 Å². The first-order valence-electron chi connectivity index (χ1n) is 8.46. The average Bonchev–Trinajstić information content (AvgIpc) is 2.53. The number of fused-ring (bicyclic) bond motifs is 3. The second kappa shape index (κ2) is 6.47. The maximum Gasteiger partial charge on any atom is 0.0493 e. The largest absolute Gasteiger partial charge is 0.309 e. The summed E-state index contributed by atoms with van der Waals surface area (Å²) in [6, 6.07) is 7.86. The molecule has 3 saturated heterocycles. The quantitative estimate of drug-likeness (QED) is 0.897. The van der Waals surface area contributed by atoms with Crippen molar-refractivity contribution in [2.45, 2.75) is 39.3 Å². The molecule has 3 aliphatic rings. The molecule has 1 aromatic rings. The molecular formula is C18H29N3. The van der Waals surface area contributed by atoms with E-state index in [1.54, 1.807) is 0 Å². The molecule has 0 spiro atoms. The van der Waals surface area contributed by atoms with Crippen LogP contribution in [0.1, 0.15) is 36.1 Å². The highest BCUT2D eigenvalue weighted by atomic mass is 15.4. The van der Waals surface area contributed by atoms with Crippen molar-refractivity contribution in [3.8, 4) is 0 Å². The van der Waals surface area contributed by atoms with E-state index in [-0.39, 0.29) is 0 Å². The van der Waals surface area contributed by atoms with Gasteiger partial charge in [0.25, 0.3) is 0 Å². The fourth-order valence-corrected chi connectivity index (χ4v) is 3.84. The molecule has 3 fully saturated rings. The lowest BCUT2D eigenvalue weighted by molar-refractivity contribution is -0.00374. The van der Waals surface area contributed by atoms with E-state index in [0.717, 1.165) is 6.54 Å². The van der Waals surface area contributed by atoms with Crippen LogP contribution in [0.15, 0.2) is 18.2 Å². The van der Waals surface area contributed by atoms with Gasteiger partial charge in [-0.1, -0.05) is 25.1 Å². The minimum atomic E-state index is 0.466. The van der Waals surface area contributed by atoms with Crippen LogP contribution in [0.25, 0.3) is 0 Å². The van der Waals surface area contributed by atoms with Crippen molar-refractivity contribution in [1.82, 2.24) is 15.1 Å². The van der Waals surface area contributed by atoms with Crippen LogP contribution in [0.3, 0.4) is 0 Å². The van der Waals surface area contributed by atoms with Crippen LogP contribution in [-0.4, -0.2) is 55.1 Å². The van der Waals surface area contributed by atoms with Crippen molar-refractivity contribution in [1.29, 1.82) is 0 Å². The van der Waals surface area contributed by atoms with E-state index >= 15 is 0 Å². The third-order valence-corrected chi connectivity index (χ3v) is 5.30. The van der Waals surface area contributed by atoms with Crippen molar-refractivity contribution in [2.75, 3.05) is 39.3 Å². The van der Waals surface area contributed by atoms with Crippen LogP contribution in [0.2, 0.25) is 0 Å². The van der Waals surface area contributed by atoms with Gasteiger partial charge in [-0.2, -0.15) is 0 Å². The van der Waals surface area contributed by atoms with E-state index in [2.05, 4.69) is 54.1 Å². The van der Waals surface area contributed by atoms with Crippen LogP contribution in [0, 0.1) is 13.8 Å². The van der Waals surface area contributed by atoms with Crippen molar-refractivity contribution in [3.63, 3.8) is 0 Å². The minimum Gasteiger partial charge on any atom is -0.309 e. The number of benzene rings is 1. The molecule has 3 heterocycles. The van der Waals surface area contributed by atoms with Gasteiger partial charge >= 0.3 is 0 Å². The van der Waals surface area contributed by atoms with Gasteiger partial charge in [0, 0.05) is 44.8 Å². The number of piperazine rings is 3. The molecule has 1 aromatic carbocycles. The van der Waals surface area contributed by atoms with Crippen LogP contribution in [0.4, 0.5) is 0 Å². The van der Waals surface area contributed by atoms with Crippen LogP contribution in [-0.2, 0) is 0 Å². The Kier molecular flexibility index (Phi) is 4.63. The molecule has 4 rings (SSSR count). The van der Waals surface area contributed by atoms with E-state index in [1.165, 1.54) is 55.8 Å². The molecule has 0 aliphatic carbocycles. The lowest BCUT2D eigenvalue weighted by Crippen LogP contribution is -2.64. The zero-order valence-electron chi connectivity index (χ0n) is 13.7. The number of aryl methyl sites for hydroxylation is 1. The third-order valence-electron chi connectivity index (χ3n) is 5.30. The Balaban J connectivity index is 1.88. The fraction of sp³-hybridized carbons (Fsp3) is 0.667. The van der Waals surface area contributed by atoms with Crippen LogP contribution < -0.4 is 5.32 Å². The van der Waals surface area contributed by atoms with Gasteiger partial charge in [-0.25, -0.2) is 0 Å². The topological polar surface area (TPSA) is 18.5 Å². The maximum atomic E-state index is 3.84. The summed E-state index contributed by atoms with van der Waals surface area (Å²) >= 11 is 0. The maximum absolute atomic E-state index is 3.84. The first-order chi connectivity index (χ1) is 10.2. The molecule has 21 heavy (non-hydrogen) atoms. The summed E-state index contributed by atoms with van der Waals surface area (Å²) in [5.74, 6) is 0. The molecule has 3 heteroatoms. The lowest BCUT2D eigenvalue weighted by Gasteiger charge is -2.50. The molecule has 116 valence electrons. The highest BCUT2D eigenvalue weighted by Gasteiger charge is 2.37. The van der Waals surface area contributed by atoms with Crippen LogP contribution in [0.5, 0.6) is 0 Å². The summed E-state index contributed by atoms with van der Waals surface area (Å²) in [5, 5.41) is 3.84. The van der Waals surface area contributed by atoms with Gasteiger partial charge in [-0.3, -0.25) is 9.80 Å². The smallest absolute Gasteiger partial charge is 0.0493 e. The SMILES string of the molecule is CCCNC(c1cccc(C)c1C)C1CN2CCN1CC2. The van der Waals surface area contributed by atoms with Crippen LogP contribution >= 0.6 is 0 Å². The Morgan fingerprint density at radius 1 is 1.19 bits per heavy atom. The summed E-state index contributed by atoms with van der Waals surface area (Å²) in [6.45, 7) is 14.1. The molecule has 2 bridgehead atoms. The normalized spacial score (nSPS) is 29.6. The van der Waals surface area contributed by atoms with Gasteiger partial charge < -0.3 is 5.32 Å². The zero-order chi connectivity index (χ0) is 14.8. The average molecular weight is 287 g/mol. The predicted octanol–water partition coefficient (Wildman–Crippen LogP) is 2.34. The molecular weight excluding hydrogens is 258 g/mol. The van der Waals surface area contributed by atoms with E-state index in [1.807, 2.05) is 0 Å². The molecule has 3 aliphatic heterocycles. The van der Waals surface area contributed by atoms with Gasteiger partial charge in [0.1, 0.15) is 0 Å². The van der Waals surface area contributed by atoms with Gasteiger partial charge in [0.2, 0.25) is 0 Å². The summed E-state index contributed by atoms with van der Waals surface area (Å²) in [5.41, 5.74) is 4.37. The fourth-order valence-electron chi connectivity index (χ4n) is 3.84. The highest BCUT2D eigenvalue weighted by Crippen LogP contribution is 2.30. The number of rotatable bonds is 5. The molecule has 3 nitrogen and oxygen atoms in total. The van der Waals surface area contributed by atoms with Gasteiger partial charge in [-0.15, -0.1) is 0 Å². The van der Waals surface area contributed by atoms with E-state index < -0.39 is 0 Å². The van der Waals surface area contributed by atoms with E-state index in [0.29, 0.717) is 12.1 Å². The lowest BCUT2D eigenvalue weighted by atomic mass is 9.89. The first-order valence-corrected chi connectivity index (χ1v) is 8.46. The molecule has 0 aromatic heterocycles. The Hall–Kier alpha value is -0.900. The van der Waals surface area contributed by atoms with Gasteiger partial charge in [-0.05, 0) is 43.5 Å². The molecule has 2 atom stereocenters. The Morgan fingerprint density at radius 2 is 1.95 bits per heavy atom.